The van der Waals surface area contributed by atoms with E-state index >= 15 is 0 Å². The van der Waals surface area contributed by atoms with Gasteiger partial charge >= 0.3 is 0 Å². The van der Waals surface area contributed by atoms with Crippen molar-refractivity contribution < 1.29 is 9.47 Å². The lowest BCUT2D eigenvalue weighted by Crippen LogP contribution is -2.17. The Labute approximate surface area is 109 Å². The quantitative estimate of drug-likeness (QED) is 0.816. The van der Waals surface area contributed by atoms with Gasteiger partial charge in [-0.15, -0.1) is 0 Å². The third-order valence-corrected chi connectivity index (χ3v) is 3.28. The van der Waals surface area contributed by atoms with Crippen molar-refractivity contribution in [1.82, 2.24) is 0 Å². The summed E-state index contributed by atoms with van der Waals surface area (Å²) in [7, 11) is 0. The molecule has 0 spiro atoms. The molecular weight excluding hydrogens is 226 g/mol. The van der Waals surface area contributed by atoms with Gasteiger partial charge in [-0.25, -0.2) is 0 Å². The van der Waals surface area contributed by atoms with Crippen molar-refractivity contribution in [2.45, 2.75) is 45.3 Å². The van der Waals surface area contributed by atoms with Crippen LogP contribution < -0.4 is 10.5 Å². The molecular formula is C15H23NO2. The molecule has 100 valence electrons. The van der Waals surface area contributed by atoms with Crippen LogP contribution in [0.4, 0.5) is 0 Å². The SMILES string of the molecule is CC(C)OCCOc1ccc2c(c1)C(N)CCC2. The maximum absolute atomic E-state index is 6.13. The van der Waals surface area contributed by atoms with Crippen LogP contribution in [0.1, 0.15) is 43.9 Å². The Bertz CT molecular complexity index is 390. The van der Waals surface area contributed by atoms with Gasteiger partial charge in [-0.1, -0.05) is 6.07 Å². The van der Waals surface area contributed by atoms with E-state index in [4.69, 9.17) is 15.2 Å². The Morgan fingerprint density at radius 2 is 2.17 bits per heavy atom. The molecule has 1 unspecified atom stereocenters. The van der Waals surface area contributed by atoms with Gasteiger partial charge in [0.05, 0.1) is 12.7 Å². The molecule has 0 aliphatic heterocycles. The van der Waals surface area contributed by atoms with Crippen molar-refractivity contribution in [3.63, 3.8) is 0 Å². The summed E-state index contributed by atoms with van der Waals surface area (Å²) in [6.45, 7) is 5.27. The molecule has 1 atom stereocenters. The predicted octanol–water partition coefficient (Wildman–Crippen LogP) is 2.83. The fourth-order valence-electron chi connectivity index (χ4n) is 2.35. The first kappa shape index (κ1) is 13.4. The third-order valence-electron chi connectivity index (χ3n) is 3.28. The zero-order valence-electron chi connectivity index (χ0n) is 11.3. The summed E-state index contributed by atoms with van der Waals surface area (Å²) in [4.78, 5) is 0. The monoisotopic (exact) mass is 249 g/mol. The van der Waals surface area contributed by atoms with Crippen LogP contribution in [0.3, 0.4) is 0 Å². The second-order valence-corrected chi connectivity index (χ2v) is 5.13. The minimum absolute atomic E-state index is 0.171. The summed E-state index contributed by atoms with van der Waals surface area (Å²) in [5.41, 5.74) is 8.76. The predicted molar refractivity (Wildman–Crippen MR) is 72.9 cm³/mol. The lowest BCUT2D eigenvalue weighted by molar-refractivity contribution is 0.0552. The van der Waals surface area contributed by atoms with E-state index in [0.717, 1.165) is 18.6 Å². The van der Waals surface area contributed by atoms with E-state index < -0.39 is 0 Å². The van der Waals surface area contributed by atoms with Crippen molar-refractivity contribution in [1.29, 1.82) is 0 Å². The molecule has 1 aliphatic rings. The van der Waals surface area contributed by atoms with Crippen LogP contribution in [0.25, 0.3) is 0 Å². The topological polar surface area (TPSA) is 44.5 Å². The van der Waals surface area contributed by atoms with Gasteiger partial charge in [-0.3, -0.25) is 0 Å². The van der Waals surface area contributed by atoms with Gasteiger partial charge in [0.1, 0.15) is 12.4 Å². The molecule has 0 fully saturated rings. The minimum Gasteiger partial charge on any atom is -0.491 e. The molecule has 0 bridgehead atoms. The standard InChI is InChI=1S/C15H23NO2/c1-11(2)17-8-9-18-13-7-6-12-4-3-5-15(16)14(12)10-13/h6-7,10-11,15H,3-5,8-9,16H2,1-2H3. The normalized spacial score (nSPS) is 18.8. The Kier molecular flexibility index (Phi) is 4.61. The van der Waals surface area contributed by atoms with E-state index in [9.17, 15) is 0 Å². The number of ether oxygens (including phenoxy) is 2. The molecule has 3 nitrogen and oxygen atoms in total. The molecule has 18 heavy (non-hydrogen) atoms. The highest BCUT2D eigenvalue weighted by Gasteiger charge is 2.17. The highest BCUT2D eigenvalue weighted by Crippen LogP contribution is 2.30. The lowest BCUT2D eigenvalue weighted by Gasteiger charge is -2.22. The molecule has 0 radical (unpaired) electrons. The summed E-state index contributed by atoms with van der Waals surface area (Å²) in [6.07, 6.45) is 3.66. The number of hydrogen-bond acceptors (Lipinski definition) is 3. The Balaban J connectivity index is 1.92. The van der Waals surface area contributed by atoms with Crippen LogP contribution in [0.15, 0.2) is 18.2 Å². The summed E-state index contributed by atoms with van der Waals surface area (Å²) >= 11 is 0. The van der Waals surface area contributed by atoms with Crippen molar-refractivity contribution in [2.75, 3.05) is 13.2 Å². The molecule has 0 amide bonds. The first-order valence-corrected chi connectivity index (χ1v) is 6.79. The summed E-state index contributed by atoms with van der Waals surface area (Å²) < 4.78 is 11.1. The molecule has 2 N–H and O–H groups in total. The van der Waals surface area contributed by atoms with E-state index in [-0.39, 0.29) is 12.1 Å². The van der Waals surface area contributed by atoms with Crippen LogP contribution in [-0.4, -0.2) is 19.3 Å². The molecule has 0 saturated carbocycles. The van der Waals surface area contributed by atoms with E-state index in [1.54, 1.807) is 0 Å². The van der Waals surface area contributed by atoms with Crippen LogP contribution in [0.5, 0.6) is 5.75 Å². The molecule has 0 aromatic heterocycles. The first-order valence-electron chi connectivity index (χ1n) is 6.79. The lowest BCUT2D eigenvalue weighted by atomic mass is 9.88. The van der Waals surface area contributed by atoms with Crippen LogP contribution in [0.2, 0.25) is 0 Å². The van der Waals surface area contributed by atoms with Crippen molar-refractivity contribution >= 4 is 0 Å². The Morgan fingerprint density at radius 3 is 2.94 bits per heavy atom. The molecule has 1 aromatic rings. The van der Waals surface area contributed by atoms with E-state index in [1.807, 2.05) is 19.9 Å². The van der Waals surface area contributed by atoms with E-state index in [0.29, 0.717) is 13.2 Å². The van der Waals surface area contributed by atoms with Gasteiger partial charge in [0.15, 0.2) is 0 Å². The molecule has 1 aliphatic carbocycles. The Morgan fingerprint density at radius 1 is 1.33 bits per heavy atom. The van der Waals surface area contributed by atoms with E-state index in [1.165, 1.54) is 17.5 Å². The van der Waals surface area contributed by atoms with Crippen LogP contribution in [0, 0.1) is 0 Å². The first-order chi connectivity index (χ1) is 8.66. The second-order valence-electron chi connectivity index (χ2n) is 5.13. The molecule has 3 heteroatoms. The number of hydrogen-bond donors (Lipinski definition) is 1. The maximum atomic E-state index is 6.13. The van der Waals surface area contributed by atoms with Gasteiger partial charge in [0.2, 0.25) is 0 Å². The summed E-state index contributed by atoms with van der Waals surface area (Å²) in [5.74, 6) is 0.901. The highest BCUT2D eigenvalue weighted by atomic mass is 16.5. The fourth-order valence-corrected chi connectivity index (χ4v) is 2.35. The number of benzene rings is 1. The number of nitrogens with two attached hydrogens (primary N) is 1. The van der Waals surface area contributed by atoms with Crippen LogP contribution in [-0.2, 0) is 11.2 Å². The van der Waals surface area contributed by atoms with Crippen molar-refractivity contribution in [3.05, 3.63) is 29.3 Å². The number of rotatable bonds is 5. The third kappa shape index (κ3) is 3.47. The van der Waals surface area contributed by atoms with Gasteiger partial charge in [0.25, 0.3) is 0 Å². The summed E-state index contributed by atoms with van der Waals surface area (Å²) in [5, 5.41) is 0. The second kappa shape index (κ2) is 6.21. The number of fused-ring (bicyclic) bond motifs is 1. The fraction of sp³-hybridized carbons (Fsp3) is 0.600. The largest absolute Gasteiger partial charge is 0.491 e. The van der Waals surface area contributed by atoms with Crippen molar-refractivity contribution in [3.8, 4) is 5.75 Å². The zero-order chi connectivity index (χ0) is 13.0. The smallest absolute Gasteiger partial charge is 0.119 e. The van der Waals surface area contributed by atoms with Crippen LogP contribution >= 0.6 is 0 Å². The van der Waals surface area contributed by atoms with Gasteiger partial charge in [-0.05, 0) is 56.4 Å². The molecule has 0 heterocycles. The summed E-state index contributed by atoms with van der Waals surface area (Å²) in [6, 6.07) is 6.44. The highest BCUT2D eigenvalue weighted by molar-refractivity contribution is 5.39. The van der Waals surface area contributed by atoms with Crippen molar-refractivity contribution in [2.24, 2.45) is 5.73 Å². The minimum atomic E-state index is 0.171. The zero-order valence-corrected chi connectivity index (χ0v) is 11.3. The maximum Gasteiger partial charge on any atom is 0.119 e. The molecule has 0 saturated heterocycles. The van der Waals surface area contributed by atoms with E-state index in [2.05, 4.69) is 12.1 Å². The average molecular weight is 249 g/mol. The van der Waals surface area contributed by atoms with Gasteiger partial charge in [-0.2, -0.15) is 0 Å². The Hall–Kier alpha value is -1.06. The molecule has 1 aromatic carbocycles. The van der Waals surface area contributed by atoms with Gasteiger partial charge < -0.3 is 15.2 Å². The van der Waals surface area contributed by atoms with Gasteiger partial charge in [0, 0.05) is 6.04 Å². The number of aryl methyl sites for hydroxylation is 1. The molecule has 2 rings (SSSR count). The average Bonchev–Trinajstić information content (AvgIpc) is 2.35.